The highest BCUT2D eigenvalue weighted by Crippen LogP contribution is 2.32. The van der Waals surface area contributed by atoms with Crippen molar-refractivity contribution >= 4 is 5.82 Å². The number of methoxy groups -OCH3 is 1. The number of hydrogen-bond acceptors (Lipinski definition) is 4. The standard InChI is InChI=1S/C14H17N3O/c1-4-10-5-7-11(8-6-10)12-13(18-3)14(15-2)17-9-16-12/h5-9H,4H2,1-3H3,(H,15,16,17). The molecular weight excluding hydrogens is 226 g/mol. The lowest BCUT2D eigenvalue weighted by Gasteiger charge is -2.11. The highest BCUT2D eigenvalue weighted by atomic mass is 16.5. The van der Waals surface area contributed by atoms with Crippen LogP contribution in [0.2, 0.25) is 0 Å². The van der Waals surface area contributed by atoms with Gasteiger partial charge in [-0.1, -0.05) is 31.2 Å². The maximum absolute atomic E-state index is 5.39. The average molecular weight is 243 g/mol. The van der Waals surface area contributed by atoms with Crippen molar-refractivity contribution in [3.8, 4) is 17.0 Å². The van der Waals surface area contributed by atoms with Gasteiger partial charge < -0.3 is 10.1 Å². The van der Waals surface area contributed by atoms with Crippen LogP contribution < -0.4 is 10.1 Å². The van der Waals surface area contributed by atoms with Gasteiger partial charge in [0.15, 0.2) is 11.6 Å². The maximum Gasteiger partial charge on any atom is 0.187 e. The van der Waals surface area contributed by atoms with Crippen LogP contribution in [0.1, 0.15) is 12.5 Å². The molecule has 0 amide bonds. The van der Waals surface area contributed by atoms with Crippen molar-refractivity contribution < 1.29 is 4.74 Å². The Morgan fingerprint density at radius 2 is 1.89 bits per heavy atom. The second-order valence-corrected chi connectivity index (χ2v) is 3.90. The number of hydrogen-bond donors (Lipinski definition) is 1. The van der Waals surface area contributed by atoms with Gasteiger partial charge in [0.25, 0.3) is 0 Å². The zero-order valence-electron chi connectivity index (χ0n) is 10.9. The Hall–Kier alpha value is -2.10. The molecule has 0 aliphatic heterocycles. The van der Waals surface area contributed by atoms with Crippen molar-refractivity contribution in [2.45, 2.75) is 13.3 Å². The molecule has 1 aromatic carbocycles. The smallest absolute Gasteiger partial charge is 0.187 e. The average Bonchev–Trinajstić information content (AvgIpc) is 2.46. The van der Waals surface area contributed by atoms with Crippen LogP contribution in [0.5, 0.6) is 5.75 Å². The Bertz CT molecular complexity index is 523. The van der Waals surface area contributed by atoms with E-state index in [0.29, 0.717) is 11.6 Å². The molecule has 1 aromatic heterocycles. The number of benzene rings is 1. The molecule has 0 fully saturated rings. The number of anilines is 1. The first-order chi connectivity index (χ1) is 8.80. The number of nitrogens with one attached hydrogen (secondary N) is 1. The van der Waals surface area contributed by atoms with Crippen LogP contribution in [0.25, 0.3) is 11.3 Å². The largest absolute Gasteiger partial charge is 0.491 e. The molecule has 2 aromatic rings. The summed E-state index contributed by atoms with van der Waals surface area (Å²) in [5.41, 5.74) is 3.14. The molecule has 4 heteroatoms. The van der Waals surface area contributed by atoms with E-state index in [9.17, 15) is 0 Å². The zero-order chi connectivity index (χ0) is 13.0. The third-order valence-electron chi connectivity index (χ3n) is 2.88. The van der Waals surface area contributed by atoms with Crippen molar-refractivity contribution in [1.82, 2.24) is 9.97 Å². The van der Waals surface area contributed by atoms with Crippen LogP contribution in [0.15, 0.2) is 30.6 Å². The van der Waals surface area contributed by atoms with Crippen LogP contribution >= 0.6 is 0 Å². The van der Waals surface area contributed by atoms with Gasteiger partial charge in [-0.3, -0.25) is 0 Å². The first-order valence-corrected chi connectivity index (χ1v) is 5.96. The monoisotopic (exact) mass is 243 g/mol. The lowest BCUT2D eigenvalue weighted by molar-refractivity contribution is 0.415. The highest BCUT2D eigenvalue weighted by molar-refractivity contribution is 5.72. The van der Waals surface area contributed by atoms with E-state index in [1.807, 2.05) is 7.05 Å². The summed E-state index contributed by atoms with van der Waals surface area (Å²) in [6.07, 6.45) is 2.57. The van der Waals surface area contributed by atoms with E-state index < -0.39 is 0 Å². The van der Waals surface area contributed by atoms with Gasteiger partial charge in [-0.05, 0) is 12.0 Å². The van der Waals surface area contributed by atoms with E-state index in [-0.39, 0.29) is 0 Å². The summed E-state index contributed by atoms with van der Waals surface area (Å²) in [5, 5.41) is 3.00. The second kappa shape index (κ2) is 5.49. The second-order valence-electron chi connectivity index (χ2n) is 3.90. The molecule has 0 bridgehead atoms. The molecule has 94 valence electrons. The van der Waals surface area contributed by atoms with E-state index in [1.165, 1.54) is 11.9 Å². The molecule has 0 radical (unpaired) electrons. The molecule has 4 nitrogen and oxygen atoms in total. The minimum absolute atomic E-state index is 0.671. The molecule has 1 heterocycles. The minimum Gasteiger partial charge on any atom is -0.491 e. The summed E-state index contributed by atoms with van der Waals surface area (Å²) in [7, 11) is 3.44. The highest BCUT2D eigenvalue weighted by Gasteiger charge is 2.12. The molecular formula is C14H17N3O. The van der Waals surface area contributed by atoms with Crippen molar-refractivity contribution in [2.24, 2.45) is 0 Å². The molecule has 0 saturated carbocycles. The first kappa shape index (κ1) is 12.4. The fraction of sp³-hybridized carbons (Fsp3) is 0.286. The van der Waals surface area contributed by atoms with Gasteiger partial charge in [0.05, 0.1) is 7.11 Å². The zero-order valence-corrected chi connectivity index (χ0v) is 10.9. The predicted molar refractivity (Wildman–Crippen MR) is 72.9 cm³/mol. The molecule has 18 heavy (non-hydrogen) atoms. The summed E-state index contributed by atoms with van der Waals surface area (Å²) in [5.74, 6) is 1.37. The summed E-state index contributed by atoms with van der Waals surface area (Å²) in [6.45, 7) is 2.14. The van der Waals surface area contributed by atoms with Crippen LogP contribution in [-0.2, 0) is 6.42 Å². The number of rotatable bonds is 4. The Labute approximate surface area is 107 Å². The van der Waals surface area contributed by atoms with Crippen LogP contribution in [0, 0.1) is 0 Å². The van der Waals surface area contributed by atoms with Crippen molar-refractivity contribution in [2.75, 3.05) is 19.5 Å². The normalized spacial score (nSPS) is 10.2. The van der Waals surface area contributed by atoms with E-state index in [0.717, 1.165) is 17.7 Å². The predicted octanol–water partition coefficient (Wildman–Crippen LogP) is 2.76. The van der Waals surface area contributed by atoms with Gasteiger partial charge >= 0.3 is 0 Å². The van der Waals surface area contributed by atoms with Crippen LogP contribution in [-0.4, -0.2) is 24.1 Å². The van der Waals surface area contributed by atoms with E-state index in [1.54, 1.807) is 7.11 Å². The topological polar surface area (TPSA) is 47.0 Å². The number of aryl methyl sites for hydroxylation is 1. The summed E-state index contributed by atoms with van der Waals surface area (Å²) >= 11 is 0. The molecule has 0 aliphatic carbocycles. The Kier molecular flexibility index (Phi) is 3.77. The van der Waals surface area contributed by atoms with Gasteiger partial charge in [0.2, 0.25) is 0 Å². The third kappa shape index (κ3) is 2.27. The summed E-state index contributed by atoms with van der Waals surface area (Å²) in [6, 6.07) is 8.33. The molecule has 0 aliphatic rings. The van der Waals surface area contributed by atoms with Gasteiger partial charge in [0, 0.05) is 12.6 Å². The quantitative estimate of drug-likeness (QED) is 0.897. The molecule has 0 saturated heterocycles. The van der Waals surface area contributed by atoms with Crippen LogP contribution in [0.3, 0.4) is 0 Å². The van der Waals surface area contributed by atoms with E-state index in [4.69, 9.17) is 4.74 Å². The Morgan fingerprint density at radius 3 is 2.44 bits per heavy atom. The fourth-order valence-corrected chi connectivity index (χ4v) is 1.85. The lowest BCUT2D eigenvalue weighted by atomic mass is 10.1. The van der Waals surface area contributed by atoms with Crippen molar-refractivity contribution in [3.63, 3.8) is 0 Å². The van der Waals surface area contributed by atoms with Gasteiger partial charge in [-0.25, -0.2) is 9.97 Å². The molecule has 2 rings (SSSR count). The molecule has 0 unspecified atom stereocenters. The Morgan fingerprint density at radius 1 is 1.17 bits per heavy atom. The van der Waals surface area contributed by atoms with Crippen molar-refractivity contribution in [1.29, 1.82) is 0 Å². The van der Waals surface area contributed by atoms with E-state index in [2.05, 4.69) is 46.5 Å². The maximum atomic E-state index is 5.39. The number of ether oxygens (including phenoxy) is 1. The van der Waals surface area contributed by atoms with Crippen LogP contribution in [0.4, 0.5) is 5.82 Å². The first-order valence-electron chi connectivity index (χ1n) is 5.96. The van der Waals surface area contributed by atoms with Gasteiger partial charge in [-0.2, -0.15) is 0 Å². The van der Waals surface area contributed by atoms with E-state index >= 15 is 0 Å². The number of aromatic nitrogens is 2. The molecule has 0 spiro atoms. The molecule has 1 N–H and O–H groups in total. The van der Waals surface area contributed by atoms with Crippen molar-refractivity contribution in [3.05, 3.63) is 36.2 Å². The fourth-order valence-electron chi connectivity index (χ4n) is 1.85. The summed E-state index contributed by atoms with van der Waals surface area (Å²) < 4.78 is 5.39. The summed E-state index contributed by atoms with van der Waals surface area (Å²) in [4.78, 5) is 8.45. The third-order valence-corrected chi connectivity index (χ3v) is 2.88. The minimum atomic E-state index is 0.671. The molecule has 0 atom stereocenters. The van der Waals surface area contributed by atoms with Gasteiger partial charge in [-0.15, -0.1) is 0 Å². The lowest BCUT2D eigenvalue weighted by Crippen LogP contribution is -2.00. The SMILES string of the molecule is CCc1ccc(-c2ncnc(NC)c2OC)cc1. The number of nitrogens with zero attached hydrogens (tertiary/aromatic N) is 2. The van der Waals surface area contributed by atoms with Gasteiger partial charge in [0.1, 0.15) is 12.0 Å². The Balaban J connectivity index is 2.48.